The van der Waals surface area contributed by atoms with E-state index >= 15 is 0 Å². The summed E-state index contributed by atoms with van der Waals surface area (Å²) in [4.78, 5) is 12.9. The molecule has 0 heterocycles. The van der Waals surface area contributed by atoms with Crippen molar-refractivity contribution in [1.82, 2.24) is 0 Å². The Morgan fingerprint density at radius 2 is 1.62 bits per heavy atom. The third-order valence-electron chi connectivity index (χ3n) is 5.22. The summed E-state index contributed by atoms with van der Waals surface area (Å²) in [7, 11) is -3.59. The Labute approximate surface area is 188 Å². The number of rotatable bonds is 7. The molecule has 0 spiro atoms. The lowest BCUT2D eigenvalue weighted by molar-refractivity contribution is 0.102. The van der Waals surface area contributed by atoms with Crippen LogP contribution in [0, 0.1) is 12.7 Å². The van der Waals surface area contributed by atoms with Crippen LogP contribution >= 0.6 is 0 Å². The number of hydrogen-bond acceptors (Lipinski definition) is 3. The molecule has 0 aliphatic carbocycles. The number of anilines is 2. The standard InChI is InChI=1S/C25H27FN2O3S/c1-17(2)23-7-5-6-18(3)24(23)27-25(29)20-10-14-22(15-11-20)28(32(4,30)31)16-19-8-12-21(26)13-9-19/h5-15,17H,16H2,1-4H3,(H,27,29). The number of benzene rings is 3. The summed E-state index contributed by atoms with van der Waals surface area (Å²) >= 11 is 0. The van der Waals surface area contributed by atoms with Crippen LogP contribution in [0.2, 0.25) is 0 Å². The third kappa shape index (κ3) is 5.53. The Kier molecular flexibility index (Phi) is 6.99. The SMILES string of the molecule is Cc1cccc(C(C)C)c1NC(=O)c1ccc(N(Cc2ccc(F)cc2)S(C)(=O)=O)cc1. The summed E-state index contributed by atoms with van der Waals surface area (Å²) in [6.07, 6.45) is 1.11. The summed E-state index contributed by atoms with van der Waals surface area (Å²) < 4.78 is 39.2. The van der Waals surface area contributed by atoms with Crippen LogP contribution in [0.25, 0.3) is 0 Å². The van der Waals surface area contributed by atoms with Crippen LogP contribution in [0.1, 0.15) is 46.8 Å². The lowest BCUT2D eigenvalue weighted by Gasteiger charge is -2.23. The van der Waals surface area contributed by atoms with Crippen molar-refractivity contribution in [2.24, 2.45) is 0 Å². The zero-order valence-electron chi connectivity index (χ0n) is 18.6. The van der Waals surface area contributed by atoms with Crippen LogP contribution in [0.4, 0.5) is 15.8 Å². The van der Waals surface area contributed by atoms with Crippen LogP contribution < -0.4 is 9.62 Å². The van der Waals surface area contributed by atoms with Crippen molar-refractivity contribution in [2.75, 3.05) is 15.9 Å². The molecule has 0 bridgehead atoms. The lowest BCUT2D eigenvalue weighted by Crippen LogP contribution is -2.29. The first-order valence-electron chi connectivity index (χ1n) is 10.3. The van der Waals surface area contributed by atoms with Gasteiger partial charge in [0.25, 0.3) is 5.91 Å². The lowest BCUT2D eigenvalue weighted by atomic mass is 9.98. The number of carbonyl (C=O) groups excluding carboxylic acids is 1. The number of aryl methyl sites for hydroxylation is 1. The summed E-state index contributed by atoms with van der Waals surface area (Å²) in [6, 6.07) is 18.0. The molecule has 1 amide bonds. The molecule has 3 aromatic rings. The number of hydrogen-bond donors (Lipinski definition) is 1. The molecule has 0 fully saturated rings. The first-order valence-corrected chi connectivity index (χ1v) is 12.1. The highest BCUT2D eigenvalue weighted by atomic mass is 32.2. The van der Waals surface area contributed by atoms with E-state index in [1.807, 2.05) is 25.1 Å². The fourth-order valence-electron chi connectivity index (χ4n) is 3.46. The van der Waals surface area contributed by atoms with Crippen molar-refractivity contribution in [3.05, 3.63) is 94.8 Å². The average molecular weight is 455 g/mol. The highest BCUT2D eigenvalue weighted by Crippen LogP contribution is 2.28. The molecular formula is C25H27FN2O3S. The Morgan fingerprint density at radius 3 is 2.19 bits per heavy atom. The minimum Gasteiger partial charge on any atom is -0.321 e. The maximum absolute atomic E-state index is 13.2. The highest BCUT2D eigenvalue weighted by Gasteiger charge is 2.19. The predicted molar refractivity (Wildman–Crippen MR) is 127 cm³/mol. The molecular weight excluding hydrogens is 427 g/mol. The smallest absolute Gasteiger partial charge is 0.255 e. The first-order chi connectivity index (χ1) is 15.1. The van der Waals surface area contributed by atoms with Crippen molar-refractivity contribution in [2.45, 2.75) is 33.2 Å². The molecule has 0 unspecified atom stereocenters. The van der Waals surface area contributed by atoms with Crippen LogP contribution in [0.15, 0.2) is 66.7 Å². The predicted octanol–water partition coefficient (Wildman–Crippen LogP) is 5.48. The van der Waals surface area contributed by atoms with Crippen molar-refractivity contribution in [3.63, 3.8) is 0 Å². The van der Waals surface area contributed by atoms with Crippen LogP contribution in [0.5, 0.6) is 0 Å². The number of nitrogens with one attached hydrogen (secondary N) is 1. The van der Waals surface area contributed by atoms with Gasteiger partial charge >= 0.3 is 0 Å². The maximum Gasteiger partial charge on any atom is 0.255 e. The molecule has 7 heteroatoms. The van der Waals surface area contributed by atoms with Crippen molar-refractivity contribution >= 4 is 27.3 Å². The van der Waals surface area contributed by atoms with E-state index in [9.17, 15) is 17.6 Å². The molecule has 0 aromatic heterocycles. The maximum atomic E-state index is 13.2. The normalized spacial score (nSPS) is 11.4. The minimum atomic E-state index is -3.59. The van der Waals surface area contributed by atoms with Gasteiger partial charge in [-0.1, -0.05) is 44.2 Å². The highest BCUT2D eigenvalue weighted by molar-refractivity contribution is 7.92. The van der Waals surface area contributed by atoms with Crippen LogP contribution in [-0.4, -0.2) is 20.6 Å². The Morgan fingerprint density at radius 1 is 1.00 bits per heavy atom. The molecule has 0 aliphatic heterocycles. The topological polar surface area (TPSA) is 66.5 Å². The molecule has 5 nitrogen and oxygen atoms in total. The fourth-order valence-corrected chi connectivity index (χ4v) is 4.35. The van der Waals surface area contributed by atoms with E-state index in [1.165, 1.54) is 16.4 Å². The molecule has 168 valence electrons. The van der Waals surface area contributed by atoms with E-state index in [1.54, 1.807) is 36.4 Å². The Bertz CT molecular complexity index is 1200. The van der Waals surface area contributed by atoms with E-state index in [4.69, 9.17) is 0 Å². The monoisotopic (exact) mass is 454 g/mol. The molecule has 0 saturated heterocycles. The van der Waals surface area contributed by atoms with Crippen molar-refractivity contribution < 1.29 is 17.6 Å². The van der Waals surface area contributed by atoms with Gasteiger partial charge in [0.15, 0.2) is 0 Å². The van der Waals surface area contributed by atoms with Gasteiger partial charge in [-0.15, -0.1) is 0 Å². The van der Waals surface area contributed by atoms with E-state index in [0.29, 0.717) is 16.8 Å². The van der Waals surface area contributed by atoms with Crippen LogP contribution in [-0.2, 0) is 16.6 Å². The summed E-state index contributed by atoms with van der Waals surface area (Å²) in [5, 5.41) is 2.99. The van der Waals surface area contributed by atoms with Gasteiger partial charge in [-0.05, 0) is 65.9 Å². The van der Waals surface area contributed by atoms with Gasteiger partial charge in [-0.2, -0.15) is 0 Å². The van der Waals surface area contributed by atoms with E-state index in [-0.39, 0.29) is 24.2 Å². The molecule has 1 N–H and O–H groups in total. The van der Waals surface area contributed by atoms with Crippen molar-refractivity contribution in [1.29, 1.82) is 0 Å². The Balaban J connectivity index is 1.84. The average Bonchev–Trinajstić information content (AvgIpc) is 2.74. The Hall–Kier alpha value is -3.19. The van der Waals surface area contributed by atoms with Gasteiger partial charge < -0.3 is 5.32 Å². The molecule has 32 heavy (non-hydrogen) atoms. The molecule has 0 atom stereocenters. The van der Waals surface area contributed by atoms with Crippen molar-refractivity contribution in [3.8, 4) is 0 Å². The quantitative estimate of drug-likeness (QED) is 0.514. The van der Waals surface area contributed by atoms with Crippen LogP contribution in [0.3, 0.4) is 0 Å². The first kappa shape index (κ1) is 23.5. The van der Waals surface area contributed by atoms with E-state index in [0.717, 1.165) is 23.1 Å². The van der Waals surface area contributed by atoms with Gasteiger partial charge in [0.2, 0.25) is 10.0 Å². The largest absolute Gasteiger partial charge is 0.321 e. The van der Waals surface area contributed by atoms with E-state index in [2.05, 4.69) is 19.2 Å². The number of sulfonamides is 1. The molecule has 0 saturated carbocycles. The third-order valence-corrected chi connectivity index (χ3v) is 6.36. The van der Waals surface area contributed by atoms with Gasteiger partial charge in [0.1, 0.15) is 5.82 Å². The van der Waals surface area contributed by atoms with Gasteiger partial charge in [-0.25, -0.2) is 12.8 Å². The zero-order valence-corrected chi connectivity index (χ0v) is 19.4. The number of nitrogens with zero attached hydrogens (tertiary/aromatic N) is 1. The number of carbonyl (C=O) groups is 1. The molecule has 3 aromatic carbocycles. The van der Waals surface area contributed by atoms with Gasteiger partial charge in [-0.3, -0.25) is 9.10 Å². The molecule has 3 rings (SSSR count). The number of amides is 1. The van der Waals surface area contributed by atoms with E-state index < -0.39 is 10.0 Å². The second-order valence-electron chi connectivity index (χ2n) is 8.09. The second kappa shape index (κ2) is 9.53. The summed E-state index contributed by atoms with van der Waals surface area (Å²) in [6.45, 7) is 6.15. The zero-order chi connectivity index (χ0) is 23.5. The summed E-state index contributed by atoms with van der Waals surface area (Å²) in [5.41, 5.74) is 4.32. The van der Waals surface area contributed by atoms with Gasteiger partial charge in [0.05, 0.1) is 18.5 Å². The molecule has 0 radical (unpaired) electrons. The minimum absolute atomic E-state index is 0.0611. The summed E-state index contributed by atoms with van der Waals surface area (Å²) in [5.74, 6) is -0.399. The number of halogens is 1. The molecule has 0 aliphatic rings. The second-order valence-corrected chi connectivity index (χ2v) is 10.00. The fraction of sp³-hybridized carbons (Fsp3) is 0.240. The number of para-hydroxylation sites is 1. The van der Waals surface area contributed by atoms with Gasteiger partial charge in [0, 0.05) is 11.3 Å².